The van der Waals surface area contributed by atoms with Gasteiger partial charge in [0.2, 0.25) is 0 Å². The molecule has 0 aromatic carbocycles. The van der Waals surface area contributed by atoms with E-state index in [0.717, 1.165) is 38.3 Å². The number of ether oxygens (including phenoxy) is 2. The molecule has 0 aromatic rings. The van der Waals surface area contributed by atoms with Crippen LogP contribution in [0.25, 0.3) is 0 Å². The molecular weight excluding hydrogens is 274 g/mol. The first-order valence-corrected chi connectivity index (χ1v) is 9.51. The van der Waals surface area contributed by atoms with E-state index in [1.807, 2.05) is 0 Å². The van der Waals surface area contributed by atoms with Gasteiger partial charge in [-0.25, -0.2) is 0 Å². The summed E-state index contributed by atoms with van der Waals surface area (Å²) in [5, 5.41) is 0. The molecule has 128 valence electrons. The van der Waals surface area contributed by atoms with Gasteiger partial charge in [-0.2, -0.15) is 0 Å². The summed E-state index contributed by atoms with van der Waals surface area (Å²) in [4.78, 5) is 2.61. The quantitative estimate of drug-likeness (QED) is 0.762. The van der Waals surface area contributed by atoms with Crippen molar-refractivity contribution in [3.63, 3.8) is 0 Å². The summed E-state index contributed by atoms with van der Waals surface area (Å²) in [6.45, 7) is 11.7. The summed E-state index contributed by atoms with van der Waals surface area (Å²) in [5.74, 6) is 0.563. The Bertz CT molecular complexity index is 349. The number of piperidine rings is 1. The average molecular weight is 309 g/mol. The summed E-state index contributed by atoms with van der Waals surface area (Å²) in [7, 11) is 0. The molecule has 3 fully saturated rings. The third kappa shape index (κ3) is 4.04. The Morgan fingerprint density at radius 3 is 2.32 bits per heavy atom. The first-order chi connectivity index (χ1) is 10.5. The van der Waals surface area contributed by atoms with Crippen LogP contribution in [0.5, 0.6) is 0 Å². The van der Waals surface area contributed by atoms with E-state index < -0.39 is 0 Å². The minimum Gasteiger partial charge on any atom is -0.350 e. The Hall–Kier alpha value is -0.120. The average Bonchev–Trinajstić information content (AvgIpc) is 2.48. The van der Waals surface area contributed by atoms with Crippen LogP contribution in [0.1, 0.15) is 72.1 Å². The van der Waals surface area contributed by atoms with Crippen molar-refractivity contribution in [2.75, 3.05) is 26.2 Å². The molecule has 1 saturated carbocycles. The van der Waals surface area contributed by atoms with E-state index in [4.69, 9.17) is 9.47 Å². The topological polar surface area (TPSA) is 21.7 Å². The molecule has 0 bridgehead atoms. The summed E-state index contributed by atoms with van der Waals surface area (Å²) < 4.78 is 12.7. The lowest BCUT2D eigenvalue weighted by Crippen LogP contribution is -2.51. The van der Waals surface area contributed by atoms with Gasteiger partial charge in [-0.05, 0) is 56.5 Å². The predicted octanol–water partition coefficient (Wildman–Crippen LogP) is 4.21. The van der Waals surface area contributed by atoms with Crippen molar-refractivity contribution in [3.8, 4) is 0 Å². The van der Waals surface area contributed by atoms with Crippen molar-refractivity contribution in [1.29, 1.82) is 0 Å². The van der Waals surface area contributed by atoms with Gasteiger partial charge in [0.15, 0.2) is 5.79 Å². The Kier molecular flexibility index (Phi) is 5.16. The van der Waals surface area contributed by atoms with Crippen molar-refractivity contribution in [3.05, 3.63) is 0 Å². The van der Waals surface area contributed by atoms with Gasteiger partial charge in [-0.3, -0.25) is 0 Å². The van der Waals surface area contributed by atoms with Crippen molar-refractivity contribution in [2.24, 2.45) is 11.3 Å². The number of likely N-dealkylation sites (tertiary alicyclic amines) is 1. The highest BCUT2D eigenvalue weighted by Crippen LogP contribution is 2.45. The highest BCUT2D eigenvalue weighted by molar-refractivity contribution is 4.88. The fourth-order valence-electron chi connectivity index (χ4n) is 4.52. The molecule has 3 nitrogen and oxygen atoms in total. The van der Waals surface area contributed by atoms with Crippen LogP contribution in [0, 0.1) is 11.3 Å². The smallest absolute Gasteiger partial charge is 0.168 e. The van der Waals surface area contributed by atoms with E-state index >= 15 is 0 Å². The minimum absolute atomic E-state index is 0.250. The summed E-state index contributed by atoms with van der Waals surface area (Å²) >= 11 is 0. The van der Waals surface area contributed by atoms with E-state index in [1.54, 1.807) is 0 Å². The van der Waals surface area contributed by atoms with Gasteiger partial charge in [0, 0.05) is 19.4 Å². The van der Waals surface area contributed by atoms with Gasteiger partial charge in [-0.1, -0.05) is 27.2 Å². The number of nitrogens with zero attached hydrogens (tertiary/aromatic N) is 1. The molecule has 3 rings (SSSR count). The molecule has 0 amide bonds. The minimum atomic E-state index is -0.250. The van der Waals surface area contributed by atoms with E-state index in [1.165, 1.54) is 45.2 Å². The van der Waals surface area contributed by atoms with Crippen molar-refractivity contribution >= 4 is 0 Å². The van der Waals surface area contributed by atoms with E-state index in [0.29, 0.717) is 11.5 Å². The molecule has 22 heavy (non-hydrogen) atoms. The van der Waals surface area contributed by atoms with E-state index in [9.17, 15) is 0 Å². The third-order valence-corrected chi connectivity index (χ3v) is 6.07. The molecular formula is C19H35NO2. The molecule has 1 spiro atoms. The largest absolute Gasteiger partial charge is 0.350 e. The van der Waals surface area contributed by atoms with Gasteiger partial charge in [0.1, 0.15) is 0 Å². The second-order valence-corrected chi connectivity index (χ2v) is 8.79. The Morgan fingerprint density at radius 2 is 1.68 bits per heavy atom. The molecule has 2 aliphatic heterocycles. The van der Waals surface area contributed by atoms with Crippen LogP contribution in [-0.2, 0) is 9.47 Å². The van der Waals surface area contributed by atoms with Gasteiger partial charge in [-0.15, -0.1) is 0 Å². The number of rotatable bonds is 2. The van der Waals surface area contributed by atoms with Crippen LogP contribution < -0.4 is 0 Å². The first-order valence-electron chi connectivity index (χ1n) is 9.51. The lowest BCUT2D eigenvalue weighted by atomic mass is 9.71. The van der Waals surface area contributed by atoms with Crippen molar-refractivity contribution in [2.45, 2.75) is 84.0 Å². The molecule has 1 unspecified atom stereocenters. The molecule has 0 radical (unpaired) electrons. The number of hydrogen-bond acceptors (Lipinski definition) is 3. The SMILES string of the molecule is CC(C)(C)C1CCC2(CC1)OCCC(CN1CCCCC1)O2. The van der Waals surface area contributed by atoms with Crippen LogP contribution in [0.15, 0.2) is 0 Å². The zero-order valence-electron chi connectivity index (χ0n) is 14.9. The highest BCUT2D eigenvalue weighted by Gasteiger charge is 2.44. The third-order valence-electron chi connectivity index (χ3n) is 6.07. The molecule has 2 saturated heterocycles. The predicted molar refractivity (Wildman–Crippen MR) is 89.9 cm³/mol. The van der Waals surface area contributed by atoms with Gasteiger partial charge in [0.25, 0.3) is 0 Å². The zero-order chi connectivity index (χ0) is 15.6. The van der Waals surface area contributed by atoms with E-state index in [-0.39, 0.29) is 5.79 Å². The standard InChI is InChI=1S/C19H35NO2/c1-18(2,3)16-7-10-19(11-8-16)21-14-9-17(22-19)15-20-12-5-4-6-13-20/h16-17H,4-15H2,1-3H3. The lowest BCUT2D eigenvalue weighted by molar-refractivity contribution is -0.311. The monoisotopic (exact) mass is 309 g/mol. The normalized spacial score (nSPS) is 38.3. The molecule has 0 N–H and O–H groups in total. The van der Waals surface area contributed by atoms with E-state index in [2.05, 4.69) is 25.7 Å². The zero-order valence-corrected chi connectivity index (χ0v) is 14.9. The lowest BCUT2D eigenvalue weighted by Gasteiger charge is -2.48. The summed E-state index contributed by atoms with van der Waals surface area (Å²) in [5.41, 5.74) is 0.420. The molecule has 0 aromatic heterocycles. The fraction of sp³-hybridized carbons (Fsp3) is 1.00. The fourth-order valence-corrected chi connectivity index (χ4v) is 4.52. The van der Waals surface area contributed by atoms with Crippen LogP contribution in [-0.4, -0.2) is 43.0 Å². The van der Waals surface area contributed by atoms with Gasteiger partial charge in [0.05, 0.1) is 12.7 Å². The maximum absolute atomic E-state index is 6.51. The maximum atomic E-state index is 6.51. The molecule has 2 heterocycles. The Balaban J connectivity index is 1.52. The molecule has 3 aliphatic rings. The summed E-state index contributed by atoms with van der Waals surface area (Å²) in [6, 6.07) is 0. The molecule has 1 aliphatic carbocycles. The van der Waals surface area contributed by atoms with Crippen LogP contribution >= 0.6 is 0 Å². The second-order valence-electron chi connectivity index (χ2n) is 8.79. The van der Waals surface area contributed by atoms with Crippen molar-refractivity contribution in [1.82, 2.24) is 4.90 Å². The van der Waals surface area contributed by atoms with Crippen LogP contribution in [0.3, 0.4) is 0 Å². The van der Waals surface area contributed by atoms with Crippen LogP contribution in [0.2, 0.25) is 0 Å². The van der Waals surface area contributed by atoms with Crippen molar-refractivity contribution < 1.29 is 9.47 Å². The second kappa shape index (κ2) is 6.78. The van der Waals surface area contributed by atoms with Gasteiger partial charge >= 0.3 is 0 Å². The summed E-state index contributed by atoms with van der Waals surface area (Å²) in [6.07, 6.45) is 10.3. The van der Waals surface area contributed by atoms with Gasteiger partial charge < -0.3 is 14.4 Å². The maximum Gasteiger partial charge on any atom is 0.168 e. The Morgan fingerprint density at radius 1 is 1.00 bits per heavy atom. The molecule has 3 heteroatoms. The number of hydrogen-bond donors (Lipinski definition) is 0. The molecule has 1 atom stereocenters. The Labute approximate surface area is 136 Å². The highest BCUT2D eigenvalue weighted by atomic mass is 16.7. The van der Waals surface area contributed by atoms with Crippen LogP contribution in [0.4, 0.5) is 0 Å². The first kappa shape index (κ1) is 16.7.